The van der Waals surface area contributed by atoms with E-state index >= 15 is 0 Å². The number of hydrogen-bond acceptors (Lipinski definition) is 14. The lowest BCUT2D eigenvalue weighted by atomic mass is 10.1. The molecule has 0 atom stereocenters. The van der Waals surface area contributed by atoms with Gasteiger partial charge >= 0.3 is 0 Å². The molecule has 103 heavy (non-hydrogen) atoms. The predicted octanol–water partition coefficient (Wildman–Crippen LogP) is 5.44. The van der Waals surface area contributed by atoms with Gasteiger partial charge in [0.15, 0.2) is 70.2 Å². The summed E-state index contributed by atoms with van der Waals surface area (Å²) in [4.78, 5) is 64.7. The van der Waals surface area contributed by atoms with Crippen LogP contribution in [0.4, 0.5) is 39.5 Å². The fraction of sp³-hybridized carbons (Fsp3) is 0.151. The Morgan fingerprint density at radius 1 is 0.544 bits per heavy atom. The number of carbonyl (C=O) groups excluding carboxylic acids is 1. The maximum absolute atomic E-state index is 13.6. The van der Waals surface area contributed by atoms with Crippen molar-refractivity contribution in [3.05, 3.63) is 299 Å². The fourth-order valence-electron chi connectivity index (χ4n) is 9.12. The van der Waals surface area contributed by atoms with Gasteiger partial charge in [-0.05, 0) is 127 Å². The number of nitrogens with two attached hydrogens (primary N) is 2. The van der Waals surface area contributed by atoms with Crippen LogP contribution in [0.25, 0.3) is 56.5 Å². The molecule has 0 saturated heterocycles. The molecular weight excluding hydrogens is 1370 g/mol. The van der Waals surface area contributed by atoms with E-state index in [0.29, 0.717) is 28.3 Å². The van der Waals surface area contributed by atoms with E-state index in [9.17, 15) is 53.9 Å². The van der Waals surface area contributed by atoms with E-state index in [1.165, 1.54) is 45.8 Å². The van der Waals surface area contributed by atoms with Crippen molar-refractivity contribution in [2.75, 3.05) is 28.2 Å². The summed E-state index contributed by atoms with van der Waals surface area (Å²) in [6.07, 6.45) is 11.4. The molecule has 0 bridgehead atoms. The molecule has 11 rings (SSSR count). The number of allylic oxidation sites excluding steroid dienone is 1. The molecule has 0 saturated carbocycles. The Morgan fingerprint density at radius 3 is 1.18 bits per heavy atom. The topological polar surface area (TPSA) is 278 Å². The zero-order valence-electron chi connectivity index (χ0n) is 55.9. The van der Waals surface area contributed by atoms with Crippen molar-refractivity contribution in [1.82, 2.24) is 54.2 Å². The van der Waals surface area contributed by atoms with Crippen LogP contribution in [0.3, 0.4) is 0 Å². The molecule has 0 aliphatic carbocycles. The van der Waals surface area contributed by atoms with Crippen molar-refractivity contribution in [1.29, 1.82) is 5.26 Å². The Morgan fingerprint density at radius 2 is 0.874 bits per heavy atom. The molecule has 0 aliphatic rings. The number of carboxylic acid groups (broad SMARTS) is 1. The second-order valence-electron chi connectivity index (χ2n) is 22.6. The zero-order valence-corrected chi connectivity index (χ0v) is 56.7. The molecule has 0 radical (unpaired) electrons. The van der Waals surface area contributed by atoms with Crippen molar-refractivity contribution in [3.8, 4) is 62.6 Å². The van der Waals surface area contributed by atoms with Crippen LogP contribution < -0.4 is 45.3 Å². The highest BCUT2D eigenvalue weighted by Crippen LogP contribution is 2.26. The first-order valence-electron chi connectivity index (χ1n) is 30.4. The van der Waals surface area contributed by atoms with Gasteiger partial charge in [-0.15, -0.1) is 0 Å². The van der Waals surface area contributed by atoms with E-state index in [-0.39, 0.29) is 77.2 Å². The molecule has 5 heterocycles. The van der Waals surface area contributed by atoms with E-state index in [1.54, 1.807) is 61.5 Å². The van der Waals surface area contributed by atoms with E-state index in [2.05, 4.69) is 41.3 Å². The molecule has 0 fully saturated rings. The van der Waals surface area contributed by atoms with Crippen LogP contribution in [0.2, 0.25) is 0 Å². The van der Waals surface area contributed by atoms with E-state index in [4.69, 9.17) is 26.3 Å². The summed E-state index contributed by atoms with van der Waals surface area (Å²) in [5, 5.41) is 35.5. The molecule has 20 nitrogen and oxygen atoms in total. The number of aliphatic carboxylic acids is 1. The van der Waals surface area contributed by atoms with Gasteiger partial charge in [-0.25, -0.2) is 78.1 Å². The number of rotatable bonds is 15. The van der Waals surface area contributed by atoms with Crippen molar-refractivity contribution in [2.24, 2.45) is 5.73 Å². The van der Waals surface area contributed by atoms with Gasteiger partial charge in [-0.2, -0.15) is 20.6 Å². The number of carbonyl (C=O) groups is 1. The number of amidine groups is 1. The van der Waals surface area contributed by atoms with Crippen LogP contribution in [-0.4, -0.2) is 105 Å². The van der Waals surface area contributed by atoms with Gasteiger partial charge in [0.1, 0.15) is 25.7 Å². The van der Waals surface area contributed by atoms with Crippen LogP contribution in [0.5, 0.6) is 0 Å². The van der Waals surface area contributed by atoms with E-state index < -0.39 is 69.4 Å². The van der Waals surface area contributed by atoms with Gasteiger partial charge in [0.05, 0.1) is 42.3 Å². The Kier molecular flexibility index (Phi) is 28.5. The number of benzene rings is 6. The minimum absolute atomic E-state index is 0. The first kappa shape index (κ1) is 79.4. The van der Waals surface area contributed by atoms with Crippen molar-refractivity contribution in [3.63, 3.8) is 0 Å². The zero-order chi connectivity index (χ0) is 74.5. The maximum atomic E-state index is 13.6. The normalized spacial score (nSPS) is 10.5. The summed E-state index contributed by atoms with van der Waals surface area (Å²) in [7, 11) is 7.56. The Balaban J connectivity index is 0.000000220. The minimum Gasteiger partial charge on any atom is -1.00 e. The molecule has 6 aromatic carbocycles. The highest BCUT2D eigenvalue weighted by molar-refractivity contribution is 5.92. The first-order chi connectivity index (χ1) is 48.5. The second-order valence-corrected chi connectivity index (χ2v) is 22.6. The monoisotopic (exact) mass is 1440 g/mol. The summed E-state index contributed by atoms with van der Waals surface area (Å²) >= 11 is 0. The number of nitrogens with zero attached hydrogens (tertiary/aromatic N) is 13. The minimum atomic E-state index is -1.56. The molecule has 4 N–H and O–H groups in total. The average molecular weight is 1440 g/mol. The summed E-state index contributed by atoms with van der Waals surface area (Å²) in [6, 6.07) is 36.3. The van der Waals surface area contributed by atoms with Crippen molar-refractivity contribution >= 4 is 18.0 Å². The predicted molar refractivity (Wildman–Crippen MR) is 361 cm³/mol. The SMILES string of the molecule is CC(=O)[O-].CCc1cnc(-c2cccc(Cn3nc(-c4cc(F)c(F)c(F)c4)ccc3=O)c2)nc1.CN(C)/C=C(\C#N)C=[N+](C)C.Cc1cnc(-c2cccc(Cn3nc(-c4cc(F)c(F)c(F)c4)ccc3=O)c2)nc1.NC(=[NH2+])c1cccc(Cn2nc(-c3cc(F)c(F)c(F)c3)ccc2=O)c1.[Cl-]. The summed E-state index contributed by atoms with van der Waals surface area (Å²) in [6.45, 7) is 5.23. The second kappa shape index (κ2) is 37.0. The van der Waals surface area contributed by atoms with Crippen LogP contribution in [-0.2, 0) is 30.8 Å². The quantitative estimate of drug-likeness (QED) is 0.0323. The van der Waals surface area contributed by atoms with Gasteiger partial charge in [0.2, 0.25) is 0 Å². The summed E-state index contributed by atoms with van der Waals surface area (Å²) in [5.74, 6) is -12.5. The lowest BCUT2D eigenvalue weighted by molar-refractivity contribution is -0.458. The number of halogens is 10. The molecule has 11 aromatic rings. The Labute approximate surface area is 589 Å². The van der Waals surface area contributed by atoms with E-state index in [0.717, 1.165) is 87.8 Å². The summed E-state index contributed by atoms with van der Waals surface area (Å²) < 4.78 is 126. The average Bonchev–Trinajstić information content (AvgIpc) is 0.849. The van der Waals surface area contributed by atoms with Crippen LogP contribution in [0, 0.1) is 70.6 Å². The third kappa shape index (κ3) is 23.0. The van der Waals surface area contributed by atoms with Gasteiger partial charge in [0, 0.05) is 97.1 Å². The largest absolute Gasteiger partial charge is 1.00 e. The molecule has 530 valence electrons. The highest BCUT2D eigenvalue weighted by atomic mass is 35.5. The first-order valence-corrected chi connectivity index (χ1v) is 30.4. The third-order valence-corrected chi connectivity index (χ3v) is 13.9. The lowest BCUT2D eigenvalue weighted by Gasteiger charge is -2.09. The van der Waals surface area contributed by atoms with Crippen LogP contribution >= 0.6 is 0 Å². The standard InChI is InChI=1S/C23H17F3N4O.C22H15F3N4O.C18H13F3N4O.C8H14N3.C2H4O2.ClH/c1-2-14-11-27-23(28-12-14)16-5-3-4-15(8-16)13-30-21(31)7-6-20(29-30)17-9-18(24)22(26)19(25)10-17;1-13-10-26-22(27-11-13)15-4-2-3-14(7-15)12-29-20(30)6-5-19(28-29)16-8-17(23)21(25)18(24)9-16;19-13-7-12(8-14(20)17(13)21)15-4-5-16(26)25(24-15)9-10-2-1-3-11(6-10)18(22)23;1-10(2)6-8(5-9)7-11(3)4;1-2(3)4;/h3-12H,2,13H2,1H3;2-11H,12H2,1H3;1-8H,9H2,(H3,22,23);6-7H,1-4H3;1H3,(H,3,4);1H/q;;;+1;;/p-1. The molecule has 30 heteroatoms. The van der Waals surface area contributed by atoms with Gasteiger partial charge < -0.3 is 27.2 Å². The third-order valence-electron chi connectivity index (χ3n) is 13.9. The van der Waals surface area contributed by atoms with Gasteiger partial charge in [-0.1, -0.05) is 55.5 Å². The summed E-state index contributed by atoms with van der Waals surface area (Å²) in [5.41, 5.74) is 11.9. The molecule has 0 spiro atoms. The van der Waals surface area contributed by atoms with E-state index in [1.807, 2.05) is 100 Å². The maximum Gasteiger partial charge on any atom is 0.270 e. The van der Waals surface area contributed by atoms with Crippen molar-refractivity contribution in [2.45, 2.75) is 46.8 Å². The van der Waals surface area contributed by atoms with Crippen LogP contribution in [0.15, 0.2) is 197 Å². The number of aryl methyl sites for hydroxylation is 2. The number of aromatic nitrogens is 10. The Bertz CT molecular complexity index is 5090. The van der Waals surface area contributed by atoms with Gasteiger partial charge in [-0.3, -0.25) is 25.5 Å². The fourth-order valence-corrected chi connectivity index (χ4v) is 9.12. The molecule has 0 amide bonds. The number of nitriles is 1. The molecule has 0 aliphatic heterocycles. The highest BCUT2D eigenvalue weighted by Gasteiger charge is 2.18. The Hall–Kier alpha value is -12.6. The van der Waals surface area contributed by atoms with Crippen LogP contribution in [0.1, 0.15) is 47.2 Å². The van der Waals surface area contributed by atoms with Gasteiger partial charge in [0.25, 0.3) is 22.5 Å². The molecule has 0 unspecified atom stereocenters. The molecule has 5 aromatic heterocycles. The number of carboxylic acids is 1. The smallest absolute Gasteiger partial charge is 0.270 e. The number of hydrogen-bond donors (Lipinski definition) is 2. The van der Waals surface area contributed by atoms with Crippen molar-refractivity contribution < 1.29 is 71.8 Å². The lowest BCUT2D eigenvalue weighted by Crippen LogP contribution is -3.00. The molecular formula is C73H63ClF9N15O5.